The quantitative estimate of drug-likeness (QED) is 0.344. The lowest BCUT2D eigenvalue weighted by Gasteiger charge is -2.23. The van der Waals surface area contributed by atoms with Crippen molar-refractivity contribution in [2.45, 2.75) is 20.0 Å². The number of hydrogen-bond donors (Lipinski definition) is 2. The molecule has 0 atom stereocenters. The van der Waals surface area contributed by atoms with Crippen molar-refractivity contribution in [2.75, 3.05) is 11.9 Å². The molecule has 0 spiro atoms. The highest BCUT2D eigenvalue weighted by atomic mass is 35.5. The second kappa shape index (κ2) is 10.4. The molecule has 0 bridgehead atoms. The molecule has 1 heterocycles. The van der Waals surface area contributed by atoms with Crippen molar-refractivity contribution >= 4 is 34.2 Å². The molecule has 0 radical (unpaired) electrons. The predicted molar refractivity (Wildman–Crippen MR) is 132 cm³/mol. The highest BCUT2D eigenvalue weighted by molar-refractivity contribution is 6.33. The first-order valence-corrected chi connectivity index (χ1v) is 11.1. The van der Waals surface area contributed by atoms with Crippen LogP contribution in [0.5, 0.6) is 5.75 Å². The van der Waals surface area contributed by atoms with Gasteiger partial charge in [-0.25, -0.2) is 9.18 Å². The molecule has 4 aromatic rings. The molecule has 34 heavy (non-hydrogen) atoms. The van der Waals surface area contributed by atoms with Gasteiger partial charge < -0.3 is 19.9 Å². The first-order chi connectivity index (χ1) is 16.4. The summed E-state index contributed by atoms with van der Waals surface area (Å²) in [4.78, 5) is 30.3. The minimum Gasteiger partial charge on any atom is -0.494 e. The second-order valence-electron chi connectivity index (χ2n) is 7.70. The Hall–Kier alpha value is -3.84. The van der Waals surface area contributed by atoms with Crippen molar-refractivity contribution < 1.29 is 13.9 Å². The number of nitrogens with one attached hydrogen (secondary N) is 2. The van der Waals surface area contributed by atoms with Crippen LogP contribution in [0.15, 0.2) is 77.6 Å². The number of amides is 2. The molecule has 0 aliphatic rings. The molecule has 0 saturated heterocycles. The van der Waals surface area contributed by atoms with E-state index in [0.29, 0.717) is 39.7 Å². The molecule has 4 rings (SSSR count). The van der Waals surface area contributed by atoms with Gasteiger partial charge in [-0.3, -0.25) is 4.79 Å². The van der Waals surface area contributed by atoms with Crippen LogP contribution in [0.25, 0.3) is 10.9 Å². The van der Waals surface area contributed by atoms with Crippen LogP contribution in [0.4, 0.5) is 14.9 Å². The number of rotatable bonds is 7. The van der Waals surface area contributed by atoms with Crippen molar-refractivity contribution in [2.24, 2.45) is 0 Å². The Balaban J connectivity index is 1.66. The number of hydrogen-bond acceptors (Lipinski definition) is 3. The van der Waals surface area contributed by atoms with Gasteiger partial charge in [0.05, 0.1) is 23.9 Å². The van der Waals surface area contributed by atoms with Gasteiger partial charge in [0.1, 0.15) is 11.6 Å². The molecular formula is C26H23ClFN3O3. The molecule has 6 nitrogen and oxygen atoms in total. The monoisotopic (exact) mass is 479 g/mol. The Morgan fingerprint density at radius 1 is 1.06 bits per heavy atom. The molecule has 3 aromatic carbocycles. The Kier molecular flexibility index (Phi) is 7.13. The second-order valence-corrected chi connectivity index (χ2v) is 8.11. The number of ether oxygens (including phenoxy) is 1. The Labute approximate surface area is 200 Å². The summed E-state index contributed by atoms with van der Waals surface area (Å²) in [5.74, 6) is 0.319. The van der Waals surface area contributed by atoms with Crippen LogP contribution in [-0.4, -0.2) is 22.5 Å². The zero-order valence-corrected chi connectivity index (χ0v) is 19.2. The zero-order valence-electron chi connectivity index (χ0n) is 18.5. The van der Waals surface area contributed by atoms with Gasteiger partial charge in [0, 0.05) is 23.0 Å². The van der Waals surface area contributed by atoms with E-state index in [1.165, 1.54) is 17.0 Å². The first-order valence-electron chi connectivity index (χ1n) is 10.8. The fourth-order valence-corrected chi connectivity index (χ4v) is 3.76. The number of carbonyl (C=O) groups excluding carboxylic acids is 1. The van der Waals surface area contributed by atoms with Crippen LogP contribution in [0, 0.1) is 5.82 Å². The molecule has 0 fully saturated rings. The zero-order chi connectivity index (χ0) is 24.1. The Bertz CT molecular complexity index is 1370. The number of para-hydroxylation sites is 1. The lowest BCUT2D eigenvalue weighted by Crippen LogP contribution is -2.35. The summed E-state index contributed by atoms with van der Waals surface area (Å²) >= 11 is 6.20. The molecule has 2 N–H and O–H groups in total. The van der Waals surface area contributed by atoms with Crippen LogP contribution >= 0.6 is 11.6 Å². The molecular weight excluding hydrogens is 457 g/mol. The number of anilines is 1. The molecule has 8 heteroatoms. The number of aromatic nitrogens is 1. The summed E-state index contributed by atoms with van der Waals surface area (Å²) in [5.41, 5.74) is 1.94. The van der Waals surface area contributed by atoms with Gasteiger partial charge in [-0.05, 0) is 61.0 Å². The maximum Gasteiger partial charge on any atom is 0.322 e. The third-order valence-electron chi connectivity index (χ3n) is 5.25. The number of aromatic amines is 1. The van der Waals surface area contributed by atoms with Gasteiger partial charge in [-0.1, -0.05) is 35.9 Å². The average Bonchev–Trinajstić information content (AvgIpc) is 2.82. The normalized spacial score (nSPS) is 10.8. The number of nitrogens with zero attached hydrogens (tertiary/aromatic N) is 1. The van der Waals surface area contributed by atoms with Gasteiger partial charge >= 0.3 is 6.03 Å². The maximum absolute atomic E-state index is 13.4. The van der Waals surface area contributed by atoms with Crippen LogP contribution in [0.1, 0.15) is 18.1 Å². The molecule has 0 aliphatic heterocycles. The molecule has 174 valence electrons. The Morgan fingerprint density at radius 3 is 2.56 bits per heavy atom. The highest BCUT2D eigenvalue weighted by Crippen LogP contribution is 2.23. The lowest BCUT2D eigenvalue weighted by molar-refractivity contribution is 0.206. The first kappa shape index (κ1) is 23.3. The fourth-order valence-electron chi connectivity index (χ4n) is 3.58. The molecule has 0 saturated carbocycles. The van der Waals surface area contributed by atoms with Crippen molar-refractivity contribution in [1.29, 1.82) is 0 Å². The highest BCUT2D eigenvalue weighted by Gasteiger charge is 2.18. The standard InChI is InChI=1S/C26H23ClFN3O3/c1-2-34-21-11-12-23-18(14-21)13-19(25(32)29-23)16-31(15-17-7-9-20(28)10-8-17)26(33)30-24-6-4-3-5-22(24)27/h3-14H,2,15-16H2,1H3,(H,29,32)(H,30,33). The van der Waals surface area contributed by atoms with E-state index in [9.17, 15) is 14.0 Å². The largest absolute Gasteiger partial charge is 0.494 e. The van der Waals surface area contributed by atoms with Gasteiger partial charge in [0.25, 0.3) is 5.56 Å². The van der Waals surface area contributed by atoms with Crippen molar-refractivity contribution in [3.63, 3.8) is 0 Å². The fraction of sp³-hybridized carbons (Fsp3) is 0.154. The summed E-state index contributed by atoms with van der Waals surface area (Å²) in [6, 6.07) is 19.5. The van der Waals surface area contributed by atoms with E-state index in [-0.39, 0.29) is 24.5 Å². The summed E-state index contributed by atoms with van der Waals surface area (Å²) in [5, 5.41) is 3.97. The Morgan fingerprint density at radius 2 is 1.82 bits per heavy atom. The predicted octanol–water partition coefficient (Wildman–Crippen LogP) is 5.95. The van der Waals surface area contributed by atoms with Crippen LogP contribution < -0.4 is 15.6 Å². The molecule has 0 aliphatic carbocycles. The summed E-state index contributed by atoms with van der Waals surface area (Å²) in [7, 11) is 0. The number of pyridine rings is 1. The SMILES string of the molecule is CCOc1ccc2[nH]c(=O)c(CN(Cc3ccc(F)cc3)C(=O)Nc3ccccc3Cl)cc2c1. The van der Waals surface area contributed by atoms with E-state index < -0.39 is 6.03 Å². The van der Waals surface area contributed by atoms with E-state index in [4.69, 9.17) is 16.3 Å². The van der Waals surface area contributed by atoms with Gasteiger partial charge in [-0.15, -0.1) is 0 Å². The van der Waals surface area contributed by atoms with Crippen molar-refractivity contribution in [3.05, 3.63) is 105 Å². The van der Waals surface area contributed by atoms with Crippen LogP contribution in [-0.2, 0) is 13.1 Å². The number of benzene rings is 3. The number of fused-ring (bicyclic) bond motifs is 1. The average molecular weight is 480 g/mol. The number of H-pyrrole nitrogens is 1. The van der Waals surface area contributed by atoms with Gasteiger partial charge in [0.15, 0.2) is 0 Å². The van der Waals surface area contributed by atoms with E-state index in [2.05, 4.69) is 10.3 Å². The van der Waals surface area contributed by atoms with Crippen LogP contribution in [0.3, 0.4) is 0 Å². The molecule has 0 unspecified atom stereocenters. The third-order valence-corrected chi connectivity index (χ3v) is 5.58. The minimum atomic E-state index is -0.444. The van der Waals surface area contributed by atoms with Crippen molar-refractivity contribution in [3.8, 4) is 5.75 Å². The molecule has 1 aromatic heterocycles. The minimum absolute atomic E-state index is 0.0256. The van der Waals surface area contributed by atoms with Gasteiger partial charge in [-0.2, -0.15) is 0 Å². The summed E-state index contributed by atoms with van der Waals surface area (Å²) in [6.45, 7) is 2.60. The van der Waals surface area contributed by atoms with E-state index in [1.54, 1.807) is 54.6 Å². The van der Waals surface area contributed by atoms with E-state index in [0.717, 1.165) is 5.39 Å². The maximum atomic E-state index is 13.4. The van der Waals surface area contributed by atoms with E-state index >= 15 is 0 Å². The van der Waals surface area contributed by atoms with Crippen molar-refractivity contribution in [1.82, 2.24) is 9.88 Å². The number of carbonyl (C=O) groups is 1. The third kappa shape index (κ3) is 5.55. The van der Waals surface area contributed by atoms with Crippen LogP contribution in [0.2, 0.25) is 5.02 Å². The number of halogens is 2. The van der Waals surface area contributed by atoms with Gasteiger partial charge in [0.2, 0.25) is 0 Å². The lowest BCUT2D eigenvalue weighted by atomic mass is 10.1. The smallest absolute Gasteiger partial charge is 0.322 e. The topological polar surface area (TPSA) is 74.4 Å². The summed E-state index contributed by atoms with van der Waals surface area (Å²) < 4.78 is 18.9. The summed E-state index contributed by atoms with van der Waals surface area (Å²) in [6.07, 6.45) is 0. The molecule has 2 amide bonds. The number of urea groups is 1. The van der Waals surface area contributed by atoms with E-state index in [1.807, 2.05) is 13.0 Å².